The van der Waals surface area contributed by atoms with Gasteiger partial charge >= 0.3 is 5.97 Å². The van der Waals surface area contributed by atoms with Crippen molar-refractivity contribution in [2.75, 3.05) is 6.61 Å². The number of aromatic nitrogens is 1. The van der Waals surface area contributed by atoms with Gasteiger partial charge in [-0.2, -0.15) is 0 Å². The number of esters is 1. The molecule has 0 aliphatic carbocycles. The zero-order chi connectivity index (χ0) is 16.1. The SMILES string of the molecule is CCOC(=O)/C=C(\c1ccccc1)c1ccc2cnccc2c1. The molecule has 0 saturated carbocycles. The van der Waals surface area contributed by atoms with E-state index in [1.165, 1.54) is 0 Å². The van der Waals surface area contributed by atoms with Crippen LogP contribution in [-0.2, 0) is 9.53 Å². The Hall–Kier alpha value is -2.94. The number of hydrogen-bond donors (Lipinski definition) is 0. The van der Waals surface area contributed by atoms with Crippen LogP contribution < -0.4 is 0 Å². The number of ether oxygens (including phenoxy) is 1. The molecule has 0 fully saturated rings. The van der Waals surface area contributed by atoms with Gasteiger partial charge in [-0.25, -0.2) is 4.79 Å². The van der Waals surface area contributed by atoms with Crippen LogP contribution in [0.4, 0.5) is 0 Å². The summed E-state index contributed by atoms with van der Waals surface area (Å²) in [6.45, 7) is 2.16. The molecule has 0 aliphatic rings. The summed E-state index contributed by atoms with van der Waals surface area (Å²) in [4.78, 5) is 16.1. The van der Waals surface area contributed by atoms with E-state index < -0.39 is 0 Å². The second-order valence-corrected chi connectivity index (χ2v) is 5.11. The molecule has 0 spiro atoms. The van der Waals surface area contributed by atoms with Gasteiger partial charge in [0.25, 0.3) is 0 Å². The van der Waals surface area contributed by atoms with E-state index in [1.54, 1.807) is 19.2 Å². The van der Waals surface area contributed by atoms with E-state index in [1.807, 2.05) is 54.7 Å². The normalized spacial score (nSPS) is 11.4. The fraction of sp³-hybridized carbons (Fsp3) is 0.100. The monoisotopic (exact) mass is 303 g/mol. The molecule has 0 unspecified atom stereocenters. The van der Waals surface area contributed by atoms with E-state index in [4.69, 9.17) is 4.74 Å². The number of carbonyl (C=O) groups excluding carboxylic acids is 1. The minimum absolute atomic E-state index is 0.332. The van der Waals surface area contributed by atoms with Crippen LogP contribution in [0.5, 0.6) is 0 Å². The molecule has 0 radical (unpaired) electrons. The van der Waals surface area contributed by atoms with Crippen molar-refractivity contribution in [1.29, 1.82) is 0 Å². The summed E-state index contributed by atoms with van der Waals surface area (Å²) in [5, 5.41) is 2.16. The van der Waals surface area contributed by atoms with Crippen molar-refractivity contribution in [3.63, 3.8) is 0 Å². The lowest BCUT2D eigenvalue weighted by Gasteiger charge is -2.10. The van der Waals surface area contributed by atoms with Crippen LogP contribution >= 0.6 is 0 Å². The van der Waals surface area contributed by atoms with Gasteiger partial charge in [0.15, 0.2) is 0 Å². The first-order valence-electron chi connectivity index (χ1n) is 7.56. The van der Waals surface area contributed by atoms with E-state index in [0.29, 0.717) is 6.61 Å². The van der Waals surface area contributed by atoms with Crippen LogP contribution in [0.1, 0.15) is 18.1 Å². The average Bonchev–Trinajstić information content (AvgIpc) is 2.60. The molecule has 3 heteroatoms. The van der Waals surface area contributed by atoms with Crippen LogP contribution in [0.2, 0.25) is 0 Å². The van der Waals surface area contributed by atoms with E-state index in [-0.39, 0.29) is 5.97 Å². The summed E-state index contributed by atoms with van der Waals surface area (Å²) in [6.07, 6.45) is 5.15. The molecule has 0 N–H and O–H groups in total. The maximum Gasteiger partial charge on any atom is 0.331 e. The standard InChI is InChI=1S/C20H17NO2/c1-2-23-20(22)13-19(15-6-4-3-5-7-15)17-8-9-18-14-21-11-10-16(18)12-17/h3-14H,2H2,1H3/b19-13+. The van der Waals surface area contributed by atoms with Crippen molar-refractivity contribution in [2.45, 2.75) is 6.92 Å². The molecule has 1 heterocycles. The lowest BCUT2D eigenvalue weighted by molar-refractivity contribution is -0.137. The zero-order valence-corrected chi connectivity index (χ0v) is 12.9. The lowest BCUT2D eigenvalue weighted by Crippen LogP contribution is -2.01. The van der Waals surface area contributed by atoms with Gasteiger partial charge < -0.3 is 4.74 Å². The highest BCUT2D eigenvalue weighted by Gasteiger charge is 2.09. The Bertz CT molecular complexity index is 854. The highest BCUT2D eigenvalue weighted by atomic mass is 16.5. The van der Waals surface area contributed by atoms with Gasteiger partial charge in [0, 0.05) is 23.9 Å². The van der Waals surface area contributed by atoms with Crippen LogP contribution in [0.25, 0.3) is 16.3 Å². The van der Waals surface area contributed by atoms with Gasteiger partial charge in [0.1, 0.15) is 0 Å². The van der Waals surface area contributed by atoms with E-state index in [9.17, 15) is 4.79 Å². The molecular weight excluding hydrogens is 286 g/mol. The fourth-order valence-electron chi connectivity index (χ4n) is 2.50. The topological polar surface area (TPSA) is 39.2 Å². The molecule has 0 saturated heterocycles. The molecule has 3 nitrogen and oxygen atoms in total. The summed E-state index contributed by atoms with van der Waals surface area (Å²) >= 11 is 0. The molecule has 3 aromatic rings. The molecule has 0 amide bonds. The van der Waals surface area contributed by atoms with Crippen LogP contribution in [0.3, 0.4) is 0 Å². The average molecular weight is 303 g/mol. The van der Waals surface area contributed by atoms with Gasteiger partial charge in [0.05, 0.1) is 6.61 Å². The Kier molecular flexibility index (Phi) is 4.48. The second kappa shape index (κ2) is 6.88. The van der Waals surface area contributed by atoms with Gasteiger partial charge in [-0.05, 0) is 41.1 Å². The Morgan fingerprint density at radius 1 is 1.04 bits per heavy atom. The summed E-state index contributed by atoms with van der Waals surface area (Å²) in [5.41, 5.74) is 2.81. The van der Waals surface area contributed by atoms with Crippen LogP contribution in [0, 0.1) is 0 Å². The predicted molar refractivity (Wildman–Crippen MR) is 91.9 cm³/mol. The molecule has 114 valence electrons. The lowest BCUT2D eigenvalue weighted by atomic mass is 9.96. The third-order valence-electron chi connectivity index (χ3n) is 3.59. The fourth-order valence-corrected chi connectivity index (χ4v) is 2.50. The Balaban J connectivity index is 2.11. The molecule has 1 aromatic heterocycles. The van der Waals surface area contributed by atoms with E-state index in [2.05, 4.69) is 11.1 Å². The van der Waals surface area contributed by atoms with Crippen molar-refractivity contribution in [3.05, 3.63) is 84.2 Å². The van der Waals surface area contributed by atoms with Crippen molar-refractivity contribution in [1.82, 2.24) is 4.98 Å². The number of fused-ring (bicyclic) bond motifs is 1. The highest BCUT2D eigenvalue weighted by Crippen LogP contribution is 2.26. The maximum atomic E-state index is 12.0. The molecule has 0 aliphatic heterocycles. The third-order valence-corrected chi connectivity index (χ3v) is 3.59. The summed E-state index contributed by atoms with van der Waals surface area (Å²) < 4.78 is 5.08. The number of benzene rings is 2. The summed E-state index contributed by atoms with van der Waals surface area (Å²) in [6, 6.07) is 17.9. The van der Waals surface area contributed by atoms with Gasteiger partial charge in [-0.3, -0.25) is 4.98 Å². The van der Waals surface area contributed by atoms with Crippen LogP contribution in [-0.4, -0.2) is 17.6 Å². The van der Waals surface area contributed by atoms with Gasteiger partial charge in [-0.15, -0.1) is 0 Å². The smallest absolute Gasteiger partial charge is 0.331 e. The Morgan fingerprint density at radius 2 is 1.87 bits per heavy atom. The van der Waals surface area contributed by atoms with Crippen molar-refractivity contribution >= 4 is 22.3 Å². The predicted octanol–water partition coefficient (Wildman–Crippen LogP) is 4.23. The summed E-state index contributed by atoms with van der Waals surface area (Å²) in [5.74, 6) is -0.332. The quantitative estimate of drug-likeness (QED) is 0.535. The summed E-state index contributed by atoms with van der Waals surface area (Å²) in [7, 11) is 0. The number of pyridine rings is 1. The first-order valence-corrected chi connectivity index (χ1v) is 7.56. The van der Waals surface area contributed by atoms with Gasteiger partial charge in [0.2, 0.25) is 0 Å². The van der Waals surface area contributed by atoms with E-state index >= 15 is 0 Å². The Labute approximate surface area is 135 Å². The molecule has 0 atom stereocenters. The molecule has 3 rings (SSSR count). The third kappa shape index (κ3) is 3.46. The highest BCUT2D eigenvalue weighted by molar-refractivity contribution is 5.98. The minimum Gasteiger partial charge on any atom is -0.463 e. The molecule has 0 bridgehead atoms. The minimum atomic E-state index is -0.332. The van der Waals surface area contributed by atoms with Crippen LogP contribution in [0.15, 0.2) is 73.1 Å². The first-order chi connectivity index (χ1) is 11.3. The Morgan fingerprint density at radius 3 is 2.65 bits per heavy atom. The largest absolute Gasteiger partial charge is 0.463 e. The number of carbonyl (C=O) groups is 1. The van der Waals surface area contributed by atoms with E-state index in [0.717, 1.165) is 27.5 Å². The van der Waals surface area contributed by atoms with Crippen molar-refractivity contribution in [3.8, 4) is 0 Å². The second-order valence-electron chi connectivity index (χ2n) is 5.11. The van der Waals surface area contributed by atoms with Crippen molar-refractivity contribution in [2.24, 2.45) is 0 Å². The number of nitrogens with zero attached hydrogens (tertiary/aromatic N) is 1. The zero-order valence-electron chi connectivity index (χ0n) is 12.9. The number of hydrogen-bond acceptors (Lipinski definition) is 3. The first kappa shape index (κ1) is 15.0. The molecule has 2 aromatic carbocycles. The maximum absolute atomic E-state index is 12.0. The molecular formula is C20H17NO2. The molecule has 23 heavy (non-hydrogen) atoms. The van der Waals surface area contributed by atoms with Crippen molar-refractivity contribution < 1.29 is 9.53 Å². The number of rotatable bonds is 4. The van der Waals surface area contributed by atoms with Gasteiger partial charge in [-0.1, -0.05) is 42.5 Å².